The average molecular weight is 487 g/mol. The quantitative estimate of drug-likeness (QED) is 0.644. The van der Waals surface area contributed by atoms with Crippen molar-refractivity contribution >= 4 is 60.3 Å². The van der Waals surface area contributed by atoms with Crippen molar-refractivity contribution in [1.82, 2.24) is 9.97 Å². The minimum Gasteiger partial charge on any atom is -0.445 e. The highest BCUT2D eigenvalue weighted by molar-refractivity contribution is 14.1. The molecule has 2 heterocycles. The molecule has 0 unspecified atom stereocenters. The lowest BCUT2D eigenvalue weighted by Gasteiger charge is -2.08. The number of aryl methyl sites for hydroxylation is 1. The minimum absolute atomic E-state index is 0.579. The van der Waals surface area contributed by atoms with Crippen LogP contribution >= 0.6 is 54.5 Å². The van der Waals surface area contributed by atoms with Crippen molar-refractivity contribution in [2.75, 3.05) is 11.9 Å². The van der Waals surface area contributed by atoms with Crippen LogP contribution in [0, 0.1) is 10.5 Å². The van der Waals surface area contributed by atoms with E-state index in [4.69, 9.17) is 4.42 Å². The Morgan fingerprint density at radius 3 is 2.67 bits per heavy atom. The normalized spacial score (nSPS) is 10.7. The molecule has 4 nitrogen and oxygen atoms in total. The van der Waals surface area contributed by atoms with Gasteiger partial charge in [-0.15, -0.1) is 0 Å². The predicted molar refractivity (Wildman–Crippen MR) is 86.8 cm³/mol. The van der Waals surface area contributed by atoms with E-state index in [2.05, 4.69) is 69.7 Å². The number of rotatable bonds is 3. The third kappa shape index (κ3) is 2.88. The molecule has 7 heteroatoms. The molecule has 0 atom stereocenters. The van der Waals surface area contributed by atoms with Crippen molar-refractivity contribution in [3.63, 3.8) is 0 Å². The van der Waals surface area contributed by atoms with Gasteiger partial charge in [0, 0.05) is 12.6 Å². The second kappa shape index (κ2) is 5.87. The number of furan rings is 1. The molecule has 2 aromatic heterocycles. The number of nitrogens with zero attached hydrogens (tertiary/aromatic N) is 2. The molecule has 0 aromatic carbocycles. The third-order valence-corrected chi connectivity index (χ3v) is 5.23. The molecular formula is C11H10Br2IN3O. The summed E-state index contributed by atoms with van der Waals surface area (Å²) in [5.41, 5.74) is 0.931. The van der Waals surface area contributed by atoms with E-state index in [0.29, 0.717) is 16.3 Å². The maximum atomic E-state index is 5.54. The Bertz CT molecular complexity index is 566. The van der Waals surface area contributed by atoms with Crippen LogP contribution in [0.5, 0.6) is 0 Å². The predicted octanol–water partition coefficient (Wildman–Crippen LogP) is 4.61. The highest BCUT2D eigenvalue weighted by atomic mass is 127. The van der Waals surface area contributed by atoms with Crippen LogP contribution < -0.4 is 5.32 Å². The Hall–Kier alpha value is -0.150. The summed E-state index contributed by atoms with van der Waals surface area (Å²) in [5.74, 6) is 2.05. The molecule has 0 aliphatic heterocycles. The molecule has 0 aliphatic rings. The molecule has 0 spiro atoms. The summed E-state index contributed by atoms with van der Waals surface area (Å²) in [6, 6.07) is 1.85. The highest BCUT2D eigenvalue weighted by Gasteiger charge is 2.15. The first-order valence-corrected chi connectivity index (χ1v) is 7.92. The van der Waals surface area contributed by atoms with Gasteiger partial charge in [0.05, 0.1) is 13.7 Å². The van der Waals surface area contributed by atoms with Gasteiger partial charge in [0.15, 0.2) is 16.3 Å². The summed E-state index contributed by atoms with van der Waals surface area (Å²) in [7, 11) is 0. The number of nitrogens with one attached hydrogen (secondary N) is 1. The van der Waals surface area contributed by atoms with Crippen LogP contribution in [-0.4, -0.2) is 16.5 Å². The standard InChI is InChI=1S/C11H10Br2IN3O/c1-3-15-11-8(14)5(2)16-10(17-11)7-4-6(12)9(13)18-7/h4H,3H2,1-2H3,(H,15,16,17). The molecule has 0 bridgehead atoms. The van der Waals surface area contributed by atoms with Gasteiger partial charge in [-0.1, -0.05) is 0 Å². The first-order chi connectivity index (χ1) is 8.52. The SMILES string of the molecule is CCNc1nc(-c2cc(Br)c(Br)o2)nc(C)c1I. The van der Waals surface area contributed by atoms with Gasteiger partial charge in [0.1, 0.15) is 5.82 Å². The van der Waals surface area contributed by atoms with E-state index >= 15 is 0 Å². The van der Waals surface area contributed by atoms with E-state index in [1.807, 2.05) is 19.9 Å². The van der Waals surface area contributed by atoms with Crippen molar-refractivity contribution in [2.24, 2.45) is 0 Å². The van der Waals surface area contributed by atoms with Crippen LogP contribution in [0.15, 0.2) is 19.6 Å². The fraction of sp³-hybridized carbons (Fsp3) is 0.273. The topological polar surface area (TPSA) is 51.0 Å². The summed E-state index contributed by atoms with van der Waals surface area (Å²) in [4.78, 5) is 8.93. The number of halogens is 3. The van der Waals surface area contributed by atoms with Crippen LogP contribution in [-0.2, 0) is 0 Å². The second-order valence-corrected chi connectivity index (χ2v) is 6.21. The van der Waals surface area contributed by atoms with Gasteiger partial charge in [-0.05, 0) is 68.3 Å². The van der Waals surface area contributed by atoms with Crippen LogP contribution in [0.1, 0.15) is 12.6 Å². The lowest BCUT2D eigenvalue weighted by Crippen LogP contribution is -2.05. The lowest BCUT2D eigenvalue weighted by atomic mass is 10.3. The van der Waals surface area contributed by atoms with Gasteiger partial charge in [-0.2, -0.15) is 0 Å². The molecule has 0 saturated heterocycles. The maximum Gasteiger partial charge on any atom is 0.198 e. The van der Waals surface area contributed by atoms with Crippen LogP contribution in [0.2, 0.25) is 0 Å². The number of aromatic nitrogens is 2. The van der Waals surface area contributed by atoms with Gasteiger partial charge in [0.25, 0.3) is 0 Å². The average Bonchev–Trinajstić information content (AvgIpc) is 2.65. The van der Waals surface area contributed by atoms with Crippen molar-refractivity contribution in [3.8, 4) is 11.6 Å². The Balaban J connectivity index is 2.51. The van der Waals surface area contributed by atoms with E-state index in [0.717, 1.165) is 26.1 Å². The third-order valence-electron chi connectivity index (χ3n) is 2.23. The zero-order valence-corrected chi connectivity index (χ0v) is 15.1. The largest absolute Gasteiger partial charge is 0.445 e. The zero-order chi connectivity index (χ0) is 13.3. The highest BCUT2D eigenvalue weighted by Crippen LogP contribution is 2.32. The first-order valence-electron chi connectivity index (χ1n) is 5.26. The van der Waals surface area contributed by atoms with E-state index in [1.165, 1.54) is 0 Å². The number of hydrogen-bond donors (Lipinski definition) is 1. The van der Waals surface area contributed by atoms with E-state index in [1.54, 1.807) is 0 Å². The van der Waals surface area contributed by atoms with Gasteiger partial charge in [0.2, 0.25) is 0 Å². The van der Waals surface area contributed by atoms with Crippen molar-refractivity contribution in [2.45, 2.75) is 13.8 Å². The van der Waals surface area contributed by atoms with Crippen molar-refractivity contribution in [1.29, 1.82) is 0 Å². The lowest BCUT2D eigenvalue weighted by molar-refractivity contribution is 0.549. The summed E-state index contributed by atoms with van der Waals surface area (Å²) < 4.78 is 8.06. The summed E-state index contributed by atoms with van der Waals surface area (Å²) in [6.07, 6.45) is 0. The molecule has 1 N–H and O–H groups in total. The van der Waals surface area contributed by atoms with E-state index < -0.39 is 0 Å². The maximum absolute atomic E-state index is 5.54. The molecule has 0 aliphatic carbocycles. The smallest absolute Gasteiger partial charge is 0.198 e. The van der Waals surface area contributed by atoms with Gasteiger partial charge in [-0.25, -0.2) is 9.97 Å². The Kier molecular flexibility index (Phi) is 4.65. The molecule has 0 saturated carbocycles. The zero-order valence-electron chi connectivity index (χ0n) is 9.72. The molecular weight excluding hydrogens is 477 g/mol. The van der Waals surface area contributed by atoms with E-state index in [9.17, 15) is 0 Å². The summed E-state index contributed by atoms with van der Waals surface area (Å²) >= 11 is 8.93. The first kappa shape index (κ1) is 14.3. The Labute approximate surface area is 135 Å². The molecule has 96 valence electrons. The van der Waals surface area contributed by atoms with Crippen LogP contribution in [0.3, 0.4) is 0 Å². The van der Waals surface area contributed by atoms with Gasteiger partial charge >= 0.3 is 0 Å². The Morgan fingerprint density at radius 1 is 1.39 bits per heavy atom. The summed E-state index contributed by atoms with van der Waals surface area (Å²) in [6.45, 7) is 4.81. The van der Waals surface area contributed by atoms with Crippen molar-refractivity contribution in [3.05, 3.63) is 24.5 Å². The molecule has 2 rings (SSSR count). The fourth-order valence-corrected chi connectivity index (χ4v) is 2.42. The second-order valence-electron chi connectivity index (χ2n) is 3.56. The van der Waals surface area contributed by atoms with Gasteiger partial charge in [-0.3, -0.25) is 0 Å². The molecule has 0 fully saturated rings. The summed E-state index contributed by atoms with van der Waals surface area (Å²) in [5, 5.41) is 3.22. The van der Waals surface area contributed by atoms with Crippen LogP contribution in [0.4, 0.5) is 5.82 Å². The fourth-order valence-electron chi connectivity index (χ4n) is 1.41. The van der Waals surface area contributed by atoms with Gasteiger partial charge < -0.3 is 9.73 Å². The van der Waals surface area contributed by atoms with Crippen molar-refractivity contribution < 1.29 is 4.42 Å². The van der Waals surface area contributed by atoms with Crippen LogP contribution in [0.25, 0.3) is 11.6 Å². The molecule has 0 radical (unpaired) electrons. The number of anilines is 1. The number of hydrogen-bond acceptors (Lipinski definition) is 4. The Morgan fingerprint density at radius 2 is 2.11 bits per heavy atom. The molecule has 2 aromatic rings. The molecule has 0 amide bonds. The molecule has 18 heavy (non-hydrogen) atoms. The van der Waals surface area contributed by atoms with E-state index in [-0.39, 0.29) is 0 Å². The minimum atomic E-state index is 0.579. The monoisotopic (exact) mass is 485 g/mol.